The Morgan fingerprint density at radius 1 is 0.680 bits per heavy atom. The van der Waals surface area contributed by atoms with Gasteiger partial charge in [0.2, 0.25) is 0 Å². The number of carbonyl (C=O) groups excluding carboxylic acids is 2. The molecular formula is C40H42N4O6. The lowest BCUT2D eigenvalue weighted by molar-refractivity contribution is 0.107. The molecular weight excluding hydrogens is 632 g/mol. The molecule has 50 heavy (non-hydrogen) atoms. The predicted molar refractivity (Wildman–Crippen MR) is 195 cm³/mol. The first-order valence-electron chi connectivity index (χ1n) is 16.2. The second-order valence-corrected chi connectivity index (χ2v) is 11.8. The number of hydrogen-bond acceptors (Lipinski definition) is 8. The van der Waals surface area contributed by atoms with Crippen LogP contribution < -0.4 is 21.1 Å². The summed E-state index contributed by atoms with van der Waals surface area (Å²) in [7, 11) is 2.63. The number of nitrogens with two attached hydrogens (primary N) is 1. The standard InChI is InChI=1S/C40H42N4O6/c1-48-39(46)42-33-18-13-30(14-19-33)35(31-15-20-34(21-16-31)43-40(47)49-2)25-44(24-28-9-5-3-6-10-28)26-37(45)32-17-22-38(36(41)23-32)50-27-29-11-7-4-8-12-29/h3-23,35,37,45H,24-27,41H2,1-2H3,(H,42,46)(H,43,47)/t37-/m0/s1. The highest BCUT2D eigenvalue weighted by Gasteiger charge is 2.23. The number of hydrogen-bond donors (Lipinski definition) is 4. The molecule has 5 aromatic carbocycles. The van der Waals surface area contributed by atoms with E-state index in [1.807, 2.05) is 103 Å². The van der Waals surface area contributed by atoms with Gasteiger partial charge >= 0.3 is 12.2 Å². The van der Waals surface area contributed by atoms with Crippen molar-refractivity contribution in [3.05, 3.63) is 155 Å². The van der Waals surface area contributed by atoms with Crippen LogP contribution in [0.5, 0.6) is 5.75 Å². The molecule has 2 amide bonds. The summed E-state index contributed by atoms with van der Waals surface area (Å²) in [5, 5.41) is 17.0. The van der Waals surface area contributed by atoms with E-state index < -0.39 is 18.3 Å². The molecule has 10 nitrogen and oxygen atoms in total. The van der Waals surface area contributed by atoms with E-state index in [-0.39, 0.29) is 5.92 Å². The van der Waals surface area contributed by atoms with Gasteiger partial charge in [-0.3, -0.25) is 15.5 Å². The van der Waals surface area contributed by atoms with Crippen molar-refractivity contribution in [2.75, 3.05) is 43.7 Å². The van der Waals surface area contributed by atoms with Gasteiger partial charge in [-0.15, -0.1) is 0 Å². The number of aliphatic hydroxyl groups is 1. The molecule has 5 rings (SSSR count). The summed E-state index contributed by atoms with van der Waals surface area (Å²) >= 11 is 0. The van der Waals surface area contributed by atoms with E-state index in [0.717, 1.165) is 22.3 Å². The summed E-state index contributed by atoms with van der Waals surface area (Å²) < 4.78 is 15.4. The van der Waals surface area contributed by atoms with E-state index in [4.69, 9.17) is 19.9 Å². The molecule has 0 heterocycles. The maximum atomic E-state index is 11.8. The number of rotatable bonds is 14. The van der Waals surface area contributed by atoms with Crippen LogP contribution in [-0.2, 0) is 22.6 Å². The fraction of sp³-hybridized carbons (Fsp3) is 0.200. The molecule has 0 radical (unpaired) electrons. The van der Waals surface area contributed by atoms with Crippen LogP contribution in [0.2, 0.25) is 0 Å². The fourth-order valence-electron chi connectivity index (χ4n) is 5.63. The second kappa shape index (κ2) is 17.5. The highest BCUT2D eigenvalue weighted by atomic mass is 16.5. The normalized spacial score (nSPS) is 11.5. The molecule has 0 aromatic heterocycles. The zero-order valence-corrected chi connectivity index (χ0v) is 28.1. The van der Waals surface area contributed by atoms with Gasteiger partial charge in [0.1, 0.15) is 12.4 Å². The minimum Gasteiger partial charge on any atom is -0.487 e. The first-order valence-corrected chi connectivity index (χ1v) is 16.2. The predicted octanol–water partition coefficient (Wildman–Crippen LogP) is 7.57. The smallest absolute Gasteiger partial charge is 0.411 e. The van der Waals surface area contributed by atoms with Crippen LogP contribution in [0.25, 0.3) is 0 Å². The Bertz CT molecular complexity index is 1760. The van der Waals surface area contributed by atoms with Crippen molar-refractivity contribution in [3.8, 4) is 5.75 Å². The molecule has 0 aliphatic rings. The fourth-order valence-corrected chi connectivity index (χ4v) is 5.63. The van der Waals surface area contributed by atoms with Gasteiger partial charge in [0, 0.05) is 36.9 Å². The third kappa shape index (κ3) is 10.1. The Labute approximate surface area is 292 Å². The lowest BCUT2D eigenvalue weighted by Gasteiger charge is -2.30. The van der Waals surface area contributed by atoms with Crippen LogP contribution in [0.15, 0.2) is 127 Å². The van der Waals surface area contributed by atoms with E-state index in [2.05, 4.69) is 27.7 Å². The summed E-state index contributed by atoms with van der Waals surface area (Å²) in [5.41, 5.74) is 12.8. The summed E-state index contributed by atoms with van der Waals surface area (Å²) in [6, 6.07) is 40.5. The minimum atomic E-state index is -0.844. The molecule has 5 aromatic rings. The summed E-state index contributed by atoms with van der Waals surface area (Å²) in [5.74, 6) is 0.408. The van der Waals surface area contributed by atoms with Gasteiger partial charge in [-0.05, 0) is 64.2 Å². The molecule has 0 saturated heterocycles. The second-order valence-electron chi connectivity index (χ2n) is 11.8. The van der Waals surface area contributed by atoms with E-state index in [1.54, 1.807) is 12.1 Å². The number of methoxy groups -OCH3 is 2. The average molecular weight is 675 g/mol. The quantitative estimate of drug-likeness (QED) is 0.0886. The third-order valence-corrected chi connectivity index (χ3v) is 8.27. The minimum absolute atomic E-state index is 0.149. The van der Waals surface area contributed by atoms with E-state index in [1.165, 1.54) is 14.2 Å². The number of nitrogen functional groups attached to an aromatic ring is 1. The molecule has 5 N–H and O–H groups in total. The lowest BCUT2D eigenvalue weighted by Crippen LogP contribution is -2.33. The summed E-state index contributed by atoms with van der Waals surface area (Å²) in [4.78, 5) is 25.8. The molecule has 0 unspecified atom stereocenters. The Morgan fingerprint density at radius 2 is 1.18 bits per heavy atom. The molecule has 0 aliphatic carbocycles. The Kier molecular flexibility index (Phi) is 12.4. The number of aliphatic hydroxyl groups excluding tert-OH is 1. The molecule has 1 atom stereocenters. The third-order valence-electron chi connectivity index (χ3n) is 8.27. The maximum absolute atomic E-state index is 11.8. The largest absolute Gasteiger partial charge is 0.487 e. The van der Waals surface area contributed by atoms with Gasteiger partial charge in [-0.2, -0.15) is 0 Å². The number of benzene rings is 5. The topological polar surface area (TPSA) is 135 Å². The Hall–Kier alpha value is -5.84. The van der Waals surface area contributed by atoms with Gasteiger partial charge in [-0.1, -0.05) is 91.0 Å². The summed E-state index contributed by atoms with van der Waals surface area (Å²) in [6.45, 7) is 1.82. The number of nitrogens with zero attached hydrogens (tertiary/aromatic N) is 1. The molecule has 258 valence electrons. The zero-order chi connectivity index (χ0) is 35.3. The van der Waals surface area contributed by atoms with Crippen LogP contribution in [-0.4, -0.2) is 49.5 Å². The van der Waals surface area contributed by atoms with Crippen molar-refractivity contribution < 1.29 is 28.9 Å². The van der Waals surface area contributed by atoms with Gasteiger partial charge < -0.3 is 25.1 Å². The maximum Gasteiger partial charge on any atom is 0.411 e. The van der Waals surface area contributed by atoms with Crippen LogP contribution >= 0.6 is 0 Å². The molecule has 0 saturated carbocycles. The SMILES string of the molecule is COC(=O)Nc1ccc(C(CN(Cc2ccccc2)C[C@H](O)c2ccc(OCc3ccccc3)c(N)c2)c2ccc(NC(=O)OC)cc2)cc1. The van der Waals surface area contributed by atoms with Crippen molar-refractivity contribution >= 4 is 29.2 Å². The molecule has 0 bridgehead atoms. The van der Waals surface area contributed by atoms with Crippen molar-refractivity contribution in [2.45, 2.75) is 25.2 Å². The first-order chi connectivity index (χ1) is 24.3. The Morgan fingerprint density at radius 3 is 1.68 bits per heavy atom. The zero-order valence-electron chi connectivity index (χ0n) is 28.1. The number of anilines is 3. The van der Waals surface area contributed by atoms with E-state index >= 15 is 0 Å². The Balaban J connectivity index is 1.40. The van der Waals surface area contributed by atoms with Crippen molar-refractivity contribution in [3.63, 3.8) is 0 Å². The van der Waals surface area contributed by atoms with Crippen LogP contribution in [0.3, 0.4) is 0 Å². The van der Waals surface area contributed by atoms with E-state index in [0.29, 0.717) is 54.6 Å². The van der Waals surface area contributed by atoms with Gasteiger partial charge in [0.05, 0.1) is 26.0 Å². The highest BCUT2D eigenvalue weighted by molar-refractivity contribution is 5.85. The first kappa shape index (κ1) is 35.5. The monoisotopic (exact) mass is 674 g/mol. The molecule has 0 aliphatic heterocycles. The van der Waals surface area contributed by atoms with Gasteiger partial charge in [0.25, 0.3) is 0 Å². The molecule has 10 heteroatoms. The van der Waals surface area contributed by atoms with Crippen LogP contribution in [0.1, 0.15) is 39.8 Å². The number of nitrogens with one attached hydrogen (secondary N) is 2. The average Bonchev–Trinajstić information content (AvgIpc) is 3.14. The molecule has 0 spiro atoms. The van der Waals surface area contributed by atoms with Gasteiger partial charge in [0.15, 0.2) is 0 Å². The van der Waals surface area contributed by atoms with Crippen molar-refractivity contribution in [2.24, 2.45) is 0 Å². The number of amides is 2. The lowest BCUT2D eigenvalue weighted by atomic mass is 9.90. The number of carbonyl (C=O) groups is 2. The van der Waals surface area contributed by atoms with Crippen LogP contribution in [0.4, 0.5) is 26.7 Å². The van der Waals surface area contributed by atoms with Gasteiger partial charge in [-0.25, -0.2) is 9.59 Å². The number of ether oxygens (including phenoxy) is 3. The van der Waals surface area contributed by atoms with Crippen molar-refractivity contribution in [1.82, 2.24) is 4.90 Å². The van der Waals surface area contributed by atoms with Crippen LogP contribution in [0, 0.1) is 0 Å². The summed E-state index contributed by atoms with van der Waals surface area (Å²) in [6.07, 6.45) is -1.95. The van der Waals surface area contributed by atoms with Crippen molar-refractivity contribution in [1.29, 1.82) is 0 Å². The molecule has 0 fully saturated rings. The highest BCUT2D eigenvalue weighted by Crippen LogP contribution is 2.31. The van der Waals surface area contributed by atoms with E-state index in [9.17, 15) is 14.7 Å².